The van der Waals surface area contributed by atoms with Crippen molar-refractivity contribution in [2.75, 3.05) is 32.1 Å². The van der Waals surface area contributed by atoms with Gasteiger partial charge in [-0.05, 0) is 25.1 Å². The first-order valence-electron chi connectivity index (χ1n) is 7.50. The summed E-state index contributed by atoms with van der Waals surface area (Å²) in [7, 11) is -1.22. The number of fused-ring (bicyclic) bond motifs is 1. The van der Waals surface area contributed by atoms with Crippen molar-refractivity contribution in [1.82, 2.24) is 10.6 Å². The van der Waals surface area contributed by atoms with Crippen molar-refractivity contribution in [2.24, 2.45) is 0 Å². The van der Waals surface area contributed by atoms with Crippen LogP contribution in [0, 0.1) is 0 Å². The number of rotatable bonds is 5. The summed E-state index contributed by atoms with van der Waals surface area (Å²) in [4.78, 5) is 12.5. The minimum atomic E-state index is -1.22. The summed E-state index contributed by atoms with van der Waals surface area (Å²) in [6, 6.07) is 5.48. The molecule has 0 bridgehead atoms. The fourth-order valence-corrected chi connectivity index (χ4v) is 3.61. The molecular formula is C15H21ClN2O4S. The summed E-state index contributed by atoms with van der Waals surface area (Å²) in [6.45, 7) is 2.79. The van der Waals surface area contributed by atoms with Gasteiger partial charge in [0.05, 0.1) is 10.8 Å². The zero-order valence-corrected chi connectivity index (χ0v) is 14.3. The maximum atomic E-state index is 12.3. The Morgan fingerprint density at radius 2 is 2.09 bits per heavy atom. The van der Waals surface area contributed by atoms with E-state index in [1.54, 1.807) is 18.2 Å². The number of ether oxygens (including phenoxy) is 2. The van der Waals surface area contributed by atoms with Crippen LogP contribution >= 0.6 is 12.4 Å². The van der Waals surface area contributed by atoms with E-state index in [2.05, 4.69) is 10.6 Å². The Hall–Kier alpha value is -1.31. The molecule has 0 aliphatic carbocycles. The van der Waals surface area contributed by atoms with Gasteiger partial charge in [0.25, 0.3) is 0 Å². The molecular weight excluding hydrogens is 340 g/mol. The van der Waals surface area contributed by atoms with E-state index in [0.717, 1.165) is 19.5 Å². The van der Waals surface area contributed by atoms with Gasteiger partial charge in [0.15, 0.2) is 11.5 Å². The lowest BCUT2D eigenvalue weighted by molar-refractivity contribution is -0.121. The van der Waals surface area contributed by atoms with Gasteiger partial charge in [0, 0.05) is 35.7 Å². The fourth-order valence-electron chi connectivity index (χ4n) is 2.55. The number of nitrogens with one attached hydrogen (secondary N) is 2. The Balaban J connectivity index is 0.00000192. The van der Waals surface area contributed by atoms with Crippen LogP contribution in [0.3, 0.4) is 0 Å². The maximum Gasteiger partial charge on any atom is 0.221 e. The highest BCUT2D eigenvalue weighted by Crippen LogP contribution is 2.31. The van der Waals surface area contributed by atoms with E-state index in [-0.39, 0.29) is 30.8 Å². The normalized spacial score (nSPS) is 20.4. The molecule has 2 N–H and O–H groups in total. The van der Waals surface area contributed by atoms with Gasteiger partial charge in [0.1, 0.15) is 13.2 Å². The molecule has 2 aliphatic rings. The molecule has 6 nitrogen and oxygen atoms in total. The minimum Gasteiger partial charge on any atom is -0.486 e. The van der Waals surface area contributed by atoms with Gasteiger partial charge >= 0.3 is 0 Å². The number of carbonyl (C=O) groups is 1. The van der Waals surface area contributed by atoms with Crippen LogP contribution < -0.4 is 20.1 Å². The van der Waals surface area contributed by atoms with Crippen LogP contribution in [0.15, 0.2) is 23.1 Å². The first-order valence-corrected chi connectivity index (χ1v) is 8.82. The zero-order chi connectivity index (χ0) is 15.4. The standard InChI is InChI=1S/C15H20N2O4S.ClH/c18-15(17-11-3-5-16-10-11)4-8-22(19)12-1-2-13-14(9-12)21-7-6-20-13;/h1-2,9,11,16H,3-8,10H2,(H,17,18);1H. The molecule has 23 heavy (non-hydrogen) atoms. The highest BCUT2D eigenvalue weighted by molar-refractivity contribution is 7.85. The molecule has 128 valence electrons. The Labute approximate surface area is 144 Å². The van der Waals surface area contributed by atoms with Gasteiger partial charge < -0.3 is 20.1 Å². The molecule has 0 radical (unpaired) electrons. The first kappa shape index (κ1) is 18.0. The molecule has 3 rings (SSSR count). The van der Waals surface area contributed by atoms with Crippen molar-refractivity contribution in [3.63, 3.8) is 0 Å². The highest BCUT2D eigenvalue weighted by Gasteiger charge is 2.18. The molecule has 2 heterocycles. The van der Waals surface area contributed by atoms with E-state index in [0.29, 0.717) is 35.4 Å². The van der Waals surface area contributed by atoms with Crippen LogP contribution in [0.1, 0.15) is 12.8 Å². The van der Waals surface area contributed by atoms with Crippen LogP contribution in [-0.2, 0) is 15.6 Å². The largest absolute Gasteiger partial charge is 0.486 e. The summed E-state index contributed by atoms with van der Waals surface area (Å²) >= 11 is 0. The van der Waals surface area contributed by atoms with Crippen molar-refractivity contribution < 1.29 is 18.5 Å². The van der Waals surface area contributed by atoms with Crippen molar-refractivity contribution in [3.8, 4) is 11.5 Å². The third-order valence-corrected chi connectivity index (χ3v) is 5.07. The van der Waals surface area contributed by atoms with Gasteiger partial charge in [-0.15, -0.1) is 12.4 Å². The minimum absolute atomic E-state index is 0. The molecule has 0 saturated carbocycles. The quantitative estimate of drug-likeness (QED) is 0.814. The van der Waals surface area contributed by atoms with E-state index >= 15 is 0 Å². The second-order valence-electron chi connectivity index (χ2n) is 5.36. The number of carbonyl (C=O) groups excluding carboxylic acids is 1. The topological polar surface area (TPSA) is 76.7 Å². The highest BCUT2D eigenvalue weighted by atomic mass is 35.5. The van der Waals surface area contributed by atoms with Crippen molar-refractivity contribution in [2.45, 2.75) is 23.8 Å². The number of hydrogen-bond donors (Lipinski definition) is 2. The molecule has 1 aromatic carbocycles. The summed E-state index contributed by atoms with van der Waals surface area (Å²) in [5.41, 5.74) is 0. The van der Waals surface area contributed by atoms with Crippen LogP contribution in [0.2, 0.25) is 0 Å². The average molecular weight is 361 g/mol. The number of benzene rings is 1. The van der Waals surface area contributed by atoms with Gasteiger partial charge in [0.2, 0.25) is 5.91 Å². The Morgan fingerprint density at radius 1 is 1.30 bits per heavy atom. The van der Waals surface area contributed by atoms with E-state index in [1.807, 2.05) is 0 Å². The summed E-state index contributed by atoms with van der Waals surface area (Å²) < 4.78 is 23.2. The van der Waals surface area contributed by atoms with Crippen LogP contribution in [0.5, 0.6) is 11.5 Å². The maximum absolute atomic E-state index is 12.3. The number of hydrogen-bond acceptors (Lipinski definition) is 5. The predicted molar refractivity (Wildman–Crippen MR) is 90.0 cm³/mol. The van der Waals surface area contributed by atoms with Crippen LogP contribution in [0.25, 0.3) is 0 Å². The third-order valence-electron chi connectivity index (χ3n) is 3.72. The Bertz CT molecular complexity index is 579. The molecule has 0 aromatic heterocycles. The van der Waals surface area contributed by atoms with Crippen LogP contribution in [-0.4, -0.2) is 48.2 Å². The van der Waals surface area contributed by atoms with Gasteiger partial charge in [-0.3, -0.25) is 9.00 Å². The van der Waals surface area contributed by atoms with E-state index in [1.165, 1.54) is 0 Å². The molecule has 0 spiro atoms. The lowest BCUT2D eigenvalue weighted by Gasteiger charge is -2.18. The Morgan fingerprint density at radius 3 is 2.83 bits per heavy atom. The summed E-state index contributed by atoms with van der Waals surface area (Å²) in [5.74, 6) is 1.57. The van der Waals surface area contributed by atoms with E-state index < -0.39 is 10.8 Å². The molecule has 8 heteroatoms. The van der Waals surface area contributed by atoms with Crippen molar-refractivity contribution in [3.05, 3.63) is 18.2 Å². The van der Waals surface area contributed by atoms with Gasteiger partial charge in [-0.25, -0.2) is 0 Å². The predicted octanol–water partition coefficient (Wildman–Crippen LogP) is 0.855. The average Bonchev–Trinajstić information content (AvgIpc) is 3.05. The smallest absolute Gasteiger partial charge is 0.221 e. The molecule has 2 unspecified atom stereocenters. The van der Waals surface area contributed by atoms with Crippen molar-refractivity contribution >= 4 is 29.1 Å². The van der Waals surface area contributed by atoms with Crippen LogP contribution in [0.4, 0.5) is 0 Å². The number of halogens is 1. The third kappa shape index (κ3) is 4.83. The first-order chi connectivity index (χ1) is 10.7. The lowest BCUT2D eigenvalue weighted by atomic mass is 10.2. The monoisotopic (exact) mass is 360 g/mol. The zero-order valence-electron chi connectivity index (χ0n) is 12.7. The molecule has 1 amide bonds. The molecule has 1 fully saturated rings. The molecule has 2 aliphatic heterocycles. The molecule has 2 atom stereocenters. The van der Waals surface area contributed by atoms with Gasteiger partial charge in [-0.2, -0.15) is 0 Å². The fraction of sp³-hybridized carbons (Fsp3) is 0.533. The van der Waals surface area contributed by atoms with E-state index in [4.69, 9.17) is 9.47 Å². The second-order valence-corrected chi connectivity index (χ2v) is 6.93. The Kier molecular flexibility index (Phi) is 6.68. The van der Waals surface area contributed by atoms with Crippen molar-refractivity contribution in [1.29, 1.82) is 0 Å². The SMILES string of the molecule is Cl.O=C(CCS(=O)c1ccc2c(c1)OCCO2)NC1CCNC1. The number of amides is 1. The second kappa shape index (κ2) is 8.52. The molecule has 1 aromatic rings. The summed E-state index contributed by atoms with van der Waals surface area (Å²) in [5, 5.41) is 6.15. The van der Waals surface area contributed by atoms with Gasteiger partial charge in [-0.1, -0.05) is 0 Å². The van der Waals surface area contributed by atoms with E-state index in [9.17, 15) is 9.00 Å². The summed E-state index contributed by atoms with van der Waals surface area (Å²) in [6.07, 6.45) is 1.22. The molecule has 1 saturated heterocycles. The lowest BCUT2D eigenvalue weighted by Crippen LogP contribution is -2.36.